The van der Waals surface area contributed by atoms with Crippen LogP contribution in [0.5, 0.6) is 0 Å². The molecule has 0 spiro atoms. The van der Waals surface area contributed by atoms with Crippen molar-refractivity contribution >= 4 is 15.9 Å². The second-order valence-electron chi connectivity index (χ2n) is 6.89. The maximum Gasteiger partial charge on any atom is 0.416 e. The summed E-state index contributed by atoms with van der Waals surface area (Å²) in [5, 5.41) is 0. The fourth-order valence-corrected chi connectivity index (χ4v) is 4.76. The molecule has 1 amide bonds. The van der Waals surface area contributed by atoms with Crippen molar-refractivity contribution in [3.05, 3.63) is 65.2 Å². The molecule has 1 saturated heterocycles. The highest BCUT2D eigenvalue weighted by Crippen LogP contribution is 2.48. The summed E-state index contributed by atoms with van der Waals surface area (Å²) in [6, 6.07) is 8.57. The smallest absolute Gasteiger partial charge is 0.347 e. The van der Waals surface area contributed by atoms with Gasteiger partial charge in [-0.1, -0.05) is 29.8 Å². The third-order valence-electron chi connectivity index (χ3n) is 4.63. The summed E-state index contributed by atoms with van der Waals surface area (Å²) < 4.78 is 65.5. The fourth-order valence-electron chi connectivity index (χ4n) is 3.05. The molecule has 0 N–H and O–H groups in total. The topological polar surface area (TPSA) is 57.5 Å². The van der Waals surface area contributed by atoms with Gasteiger partial charge >= 0.3 is 6.18 Å². The lowest BCUT2D eigenvalue weighted by Crippen LogP contribution is -2.30. The number of likely N-dealkylation sites (N-methyl/N-ethyl adjacent to an activating group) is 1. The molecule has 2 aromatic carbocycles. The Bertz CT molecular complexity index is 985. The normalized spacial score (nSPS) is 22.0. The lowest BCUT2D eigenvalue weighted by Gasteiger charge is -2.10. The second-order valence-corrected chi connectivity index (χ2v) is 8.73. The van der Waals surface area contributed by atoms with Gasteiger partial charge in [0.25, 0.3) is 0 Å². The first-order chi connectivity index (χ1) is 12.9. The molecule has 1 heterocycles. The zero-order valence-electron chi connectivity index (χ0n) is 15.4. The number of hydrogen-bond donors (Lipinski definition) is 0. The number of carbonyl (C=O) groups is 1. The van der Waals surface area contributed by atoms with Crippen molar-refractivity contribution in [2.45, 2.75) is 30.1 Å². The molecule has 28 heavy (non-hydrogen) atoms. The number of carbonyl (C=O) groups excluding carboxylic acids is 1. The molecule has 1 fully saturated rings. The number of sulfonamides is 1. The third kappa shape index (κ3) is 3.64. The molecule has 9 heteroatoms. The Hall–Kier alpha value is -2.39. The molecule has 150 valence electrons. The minimum atomic E-state index is -4.49. The van der Waals surface area contributed by atoms with Crippen LogP contribution in [0.3, 0.4) is 0 Å². The van der Waals surface area contributed by atoms with Crippen molar-refractivity contribution < 1.29 is 26.4 Å². The first-order valence-electron chi connectivity index (χ1n) is 8.43. The molecule has 1 aliphatic rings. The van der Waals surface area contributed by atoms with Crippen molar-refractivity contribution in [1.82, 2.24) is 9.21 Å². The quantitative estimate of drug-likeness (QED) is 0.725. The number of aryl methyl sites for hydroxylation is 1. The van der Waals surface area contributed by atoms with Crippen molar-refractivity contribution in [1.29, 1.82) is 0 Å². The van der Waals surface area contributed by atoms with Crippen LogP contribution >= 0.6 is 0 Å². The van der Waals surface area contributed by atoms with Crippen molar-refractivity contribution in [3.8, 4) is 0 Å². The predicted molar refractivity (Wildman–Crippen MR) is 96.9 cm³/mol. The summed E-state index contributed by atoms with van der Waals surface area (Å²) in [4.78, 5) is 13.8. The molecular weight excluding hydrogens is 393 g/mol. The Morgan fingerprint density at radius 3 is 2.00 bits per heavy atom. The number of benzene rings is 2. The minimum absolute atomic E-state index is 0.0315. The average Bonchev–Trinajstić information content (AvgIpc) is 3.37. The van der Waals surface area contributed by atoms with Crippen LogP contribution in [-0.2, 0) is 21.0 Å². The molecule has 2 aromatic rings. The van der Waals surface area contributed by atoms with Gasteiger partial charge in [0, 0.05) is 14.1 Å². The summed E-state index contributed by atoms with van der Waals surface area (Å²) in [6.45, 7) is 1.82. The zero-order valence-corrected chi connectivity index (χ0v) is 16.3. The van der Waals surface area contributed by atoms with Gasteiger partial charge in [0.2, 0.25) is 15.9 Å². The Kier molecular flexibility index (Phi) is 5.01. The van der Waals surface area contributed by atoms with Gasteiger partial charge in [-0.15, -0.1) is 0 Å². The largest absolute Gasteiger partial charge is 0.416 e. The number of amides is 1. The lowest BCUT2D eigenvalue weighted by molar-refractivity contribution is -0.137. The molecule has 3 atom stereocenters. The molecule has 1 aliphatic heterocycles. The van der Waals surface area contributed by atoms with E-state index in [2.05, 4.69) is 0 Å². The summed E-state index contributed by atoms with van der Waals surface area (Å²) in [6.07, 6.45) is -4.49. The molecule has 5 nitrogen and oxygen atoms in total. The van der Waals surface area contributed by atoms with Crippen LogP contribution in [0.2, 0.25) is 0 Å². The molecule has 0 aliphatic carbocycles. The van der Waals surface area contributed by atoms with Gasteiger partial charge in [0.1, 0.15) is 6.04 Å². The zero-order chi connectivity index (χ0) is 20.9. The Labute approximate surface area is 161 Å². The Morgan fingerprint density at radius 1 is 1.00 bits per heavy atom. The van der Waals surface area contributed by atoms with Gasteiger partial charge in [0.05, 0.1) is 16.5 Å². The Balaban J connectivity index is 1.99. The van der Waals surface area contributed by atoms with Gasteiger partial charge in [-0.3, -0.25) is 4.79 Å². The van der Waals surface area contributed by atoms with Gasteiger partial charge in [0.15, 0.2) is 0 Å². The number of alkyl halides is 3. The van der Waals surface area contributed by atoms with E-state index in [1.54, 1.807) is 12.1 Å². The molecule has 0 bridgehead atoms. The number of rotatable bonds is 4. The summed E-state index contributed by atoms with van der Waals surface area (Å²) >= 11 is 0. The molecular formula is C19H19F3N2O3S. The van der Waals surface area contributed by atoms with E-state index >= 15 is 0 Å². The minimum Gasteiger partial charge on any atom is -0.347 e. The first-order valence-corrected chi connectivity index (χ1v) is 9.87. The van der Waals surface area contributed by atoms with Crippen LogP contribution in [0.4, 0.5) is 13.2 Å². The van der Waals surface area contributed by atoms with E-state index in [0.29, 0.717) is 5.56 Å². The maximum absolute atomic E-state index is 13.0. The van der Waals surface area contributed by atoms with E-state index in [-0.39, 0.29) is 4.90 Å². The average molecular weight is 412 g/mol. The molecule has 3 rings (SSSR count). The van der Waals surface area contributed by atoms with E-state index in [4.69, 9.17) is 0 Å². The van der Waals surface area contributed by atoms with Crippen LogP contribution in [-0.4, -0.2) is 43.7 Å². The summed E-state index contributed by atoms with van der Waals surface area (Å²) in [5.74, 6) is -0.430. The van der Waals surface area contributed by atoms with Crippen LogP contribution < -0.4 is 0 Å². The molecule has 0 aromatic heterocycles. The highest BCUT2D eigenvalue weighted by molar-refractivity contribution is 7.89. The van der Waals surface area contributed by atoms with E-state index in [1.165, 1.54) is 43.3 Å². The summed E-state index contributed by atoms with van der Waals surface area (Å²) in [7, 11) is -0.980. The molecule has 1 unspecified atom stereocenters. The van der Waals surface area contributed by atoms with Crippen molar-refractivity contribution in [3.63, 3.8) is 0 Å². The highest BCUT2D eigenvalue weighted by Gasteiger charge is 2.60. The van der Waals surface area contributed by atoms with Crippen LogP contribution in [0.25, 0.3) is 0 Å². The fraction of sp³-hybridized carbons (Fsp3) is 0.316. The van der Waals surface area contributed by atoms with E-state index in [9.17, 15) is 26.4 Å². The lowest BCUT2D eigenvalue weighted by atomic mass is 10.1. The summed E-state index contributed by atoms with van der Waals surface area (Å²) in [5.41, 5.74) is 0.383. The van der Waals surface area contributed by atoms with Gasteiger partial charge in [-0.05, 0) is 36.8 Å². The predicted octanol–water partition coefficient (Wildman–Crippen LogP) is 3.22. The van der Waals surface area contributed by atoms with Crippen molar-refractivity contribution in [2.24, 2.45) is 0 Å². The van der Waals surface area contributed by atoms with E-state index < -0.39 is 39.8 Å². The standard InChI is InChI=1S/C19H19F3N2O3S/c1-12-4-10-15(11-5-12)28(26,27)24-16(17(24)18(25)23(2)3)13-6-8-14(9-7-13)19(20,21)22/h4-11,16-17H,1-3H3/t16-,17-,24?/m1/s1. The van der Waals surface area contributed by atoms with Gasteiger partial charge in [-0.25, -0.2) is 8.42 Å². The SMILES string of the molecule is Cc1ccc(S(=O)(=O)N2[C@H](c3ccc(C(F)(F)F)cc3)[C@@H]2C(=O)N(C)C)cc1. The number of nitrogens with zero attached hydrogens (tertiary/aromatic N) is 2. The van der Waals surface area contributed by atoms with Crippen LogP contribution in [0, 0.1) is 6.92 Å². The van der Waals surface area contributed by atoms with Gasteiger partial charge in [-0.2, -0.15) is 17.5 Å². The number of hydrogen-bond acceptors (Lipinski definition) is 3. The maximum atomic E-state index is 13.0. The molecule has 0 saturated carbocycles. The van der Waals surface area contributed by atoms with Crippen molar-refractivity contribution in [2.75, 3.05) is 14.1 Å². The first kappa shape index (κ1) is 20.3. The second kappa shape index (κ2) is 6.89. The molecule has 0 radical (unpaired) electrons. The third-order valence-corrected chi connectivity index (χ3v) is 6.50. The van der Waals surface area contributed by atoms with Crippen LogP contribution in [0.15, 0.2) is 53.4 Å². The number of halogens is 3. The van der Waals surface area contributed by atoms with E-state index in [1.807, 2.05) is 6.92 Å². The monoisotopic (exact) mass is 412 g/mol. The Morgan fingerprint density at radius 2 is 1.54 bits per heavy atom. The highest BCUT2D eigenvalue weighted by atomic mass is 32.2. The van der Waals surface area contributed by atoms with Gasteiger partial charge < -0.3 is 4.90 Å². The van der Waals surface area contributed by atoms with E-state index in [0.717, 1.165) is 22.0 Å². The van der Waals surface area contributed by atoms with Crippen LogP contribution in [0.1, 0.15) is 22.7 Å².